The first-order valence-electron chi connectivity index (χ1n) is 11.3. The molecule has 2 N–H and O–H groups in total. The molecule has 1 aliphatic heterocycles. The summed E-state index contributed by atoms with van der Waals surface area (Å²) in [6.07, 6.45) is 0.851. The molecule has 1 aliphatic rings. The molecule has 0 unspecified atom stereocenters. The van der Waals surface area contributed by atoms with Gasteiger partial charge in [-0.1, -0.05) is 18.2 Å². The first-order valence-corrected chi connectivity index (χ1v) is 13.0. The van der Waals surface area contributed by atoms with Gasteiger partial charge < -0.3 is 15.2 Å². The Bertz CT molecular complexity index is 1060. The molecule has 0 atom stereocenters. The molecule has 34 heavy (non-hydrogen) atoms. The smallest absolute Gasteiger partial charge is 0.270 e. The molecule has 0 spiro atoms. The van der Waals surface area contributed by atoms with E-state index in [0.29, 0.717) is 22.1 Å². The fourth-order valence-electron chi connectivity index (χ4n) is 3.68. The minimum atomic E-state index is -0.229. The molecule has 0 saturated carbocycles. The lowest BCUT2D eigenvalue weighted by Gasteiger charge is -2.27. The van der Waals surface area contributed by atoms with Gasteiger partial charge >= 0.3 is 0 Å². The van der Waals surface area contributed by atoms with Gasteiger partial charge in [-0.25, -0.2) is 4.98 Å². The molecule has 3 heterocycles. The molecule has 1 saturated heterocycles. The molecule has 0 aliphatic carbocycles. The van der Waals surface area contributed by atoms with Gasteiger partial charge in [0.2, 0.25) is 0 Å². The van der Waals surface area contributed by atoms with Crippen molar-refractivity contribution in [1.82, 2.24) is 15.2 Å². The molecule has 4 rings (SSSR count). The molecular weight excluding hydrogens is 472 g/mol. The zero-order valence-corrected chi connectivity index (χ0v) is 20.4. The average molecular weight is 501 g/mol. The normalized spacial score (nSPS) is 14.1. The van der Waals surface area contributed by atoms with E-state index in [1.54, 1.807) is 17.0 Å². The number of aromatic nitrogens is 1. The van der Waals surface area contributed by atoms with Crippen molar-refractivity contribution in [3.8, 4) is 11.3 Å². The Balaban J connectivity index is 1.46. The second-order valence-corrected chi connectivity index (χ2v) is 9.60. The summed E-state index contributed by atoms with van der Waals surface area (Å²) in [5, 5.41) is 16.0. The summed E-state index contributed by atoms with van der Waals surface area (Å²) < 4.78 is 5.42. The number of hydrogen-bond acceptors (Lipinski definition) is 8. The number of ether oxygens (including phenoxy) is 1. The van der Waals surface area contributed by atoms with Gasteiger partial charge in [0, 0.05) is 49.2 Å². The van der Waals surface area contributed by atoms with Crippen LogP contribution in [0.3, 0.4) is 0 Å². The van der Waals surface area contributed by atoms with E-state index < -0.39 is 0 Å². The summed E-state index contributed by atoms with van der Waals surface area (Å²) in [6, 6.07) is 10.9. The predicted octanol–water partition coefficient (Wildman–Crippen LogP) is 2.96. The van der Waals surface area contributed by atoms with E-state index in [0.717, 1.165) is 50.5 Å². The number of hydrogen-bond donors (Lipinski definition) is 2. The van der Waals surface area contributed by atoms with Gasteiger partial charge in [-0.15, -0.1) is 22.7 Å². The van der Waals surface area contributed by atoms with E-state index in [4.69, 9.17) is 14.8 Å². The first kappa shape index (κ1) is 24.5. The van der Waals surface area contributed by atoms with Crippen LogP contribution in [-0.4, -0.2) is 79.3 Å². The summed E-state index contributed by atoms with van der Waals surface area (Å²) >= 11 is 2.88. The zero-order valence-electron chi connectivity index (χ0n) is 18.8. The summed E-state index contributed by atoms with van der Waals surface area (Å²) in [5.74, 6) is -0.263. The van der Waals surface area contributed by atoms with E-state index >= 15 is 0 Å². The monoisotopic (exact) mass is 500 g/mol. The van der Waals surface area contributed by atoms with Crippen molar-refractivity contribution < 1.29 is 19.4 Å². The number of aliphatic hydroxyl groups is 1. The molecule has 8 nitrogen and oxygen atoms in total. The van der Waals surface area contributed by atoms with Gasteiger partial charge in [0.1, 0.15) is 0 Å². The maximum atomic E-state index is 13.2. The number of aliphatic hydroxyl groups excluding tert-OH is 1. The van der Waals surface area contributed by atoms with Gasteiger partial charge in [-0.3, -0.25) is 19.4 Å². The summed E-state index contributed by atoms with van der Waals surface area (Å²) in [5.41, 5.74) is 2.16. The molecule has 2 amide bonds. The van der Waals surface area contributed by atoms with Crippen LogP contribution >= 0.6 is 22.7 Å². The van der Waals surface area contributed by atoms with Crippen molar-refractivity contribution in [3.63, 3.8) is 0 Å². The number of nitrogens with zero attached hydrogens (tertiary/aromatic N) is 3. The highest BCUT2D eigenvalue weighted by Gasteiger charge is 2.22. The Kier molecular flexibility index (Phi) is 8.78. The van der Waals surface area contributed by atoms with Gasteiger partial charge in [0.15, 0.2) is 5.13 Å². The highest BCUT2D eigenvalue weighted by Crippen LogP contribution is 2.29. The first-order chi connectivity index (χ1) is 16.7. The third-order valence-corrected chi connectivity index (χ3v) is 7.22. The Labute approximate surface area is 206 Å². The van der Waals surface area contributed by atoms with Gasteiger partial charge in [0.25, 0.3) is 11.8 Å². The second-order valence-electron chi connectivity index (χ2n) is 7.81. The van der Waals surface area contributed by atoms with Crippen molar-refractivity contribution >= 4 is 39.6 Å². The highest BCUT2D eigenvalue weighted by atomic mass is 32.1. The lowest BCUT2D eigenvalue weighted by atomic mass is 10.1. The lowest BCUT2D eigenvalue weighted by molar-refractivity contribution is 0.0376. The standard InChI is InChI=1S/C24H28N4O4S2/c29-13-8-25-22(30)19-6-4-18(5-7-19)20-17-34-24(26-20)28(23(31)21-3-1-16-33-21)10-2-9-27-11-14-32-15-12-27/h1,3-7,16-17,29H,2,8-15H2,(H,25,30). The minimum absolute atomic E-state index is 0.0335. The maximum absolute atomic E-state index is 13.2. The SMILES string of the molecule is O=C(NCCO)c1ccc(-c2csc(N(CCCN3CCOCC3)C(=O)c3cccs3)n2)cc1. The molecule has 180 valence electrons. The van der Waals surface area contributed by atoms with E-state index in [1.165, 1.54) is 22.7 Å². The van der Waals surface area contributed by atoms with Crippen molar-refractivity contribution in [3.05, 3.63) is 57.6 Å². The van der Waals surface area contributed by atoms with E-state index in [-0.39, 0.29) is 25.0 Å². The number of morpholine rings is 1. The number of thiophene rings is 1. The number of anilines is 1. The third kappa shape index (κ3) is 6.28. The number of carbonyl (C=O) groups excluding carboxylic acids is 2. The number of nitrogens with one attached hydrogen (secondary N) is 1. The molecule has 10 heteroatoms. The van der Waals surface area contributed by atoms with E-state index in [1.807, 2.05) is 35.0 Å². The van der Waals surface area contributed by atoms with Gasteiger partial charge in [-0.05, 0) is 30.0 Å². The molecule has 0 bridgehead atoms. The Morgan fingerprint density at radius 1 is 1.15 bits per heavy atom. The average Bonchev–Trinajstić information content (AvgIpc) is 3.58. The Hall–Kier alpha value is -2.63. The van der Waals surface area contributed by atoms with Crippen molar-refractivity contribution in [2.75, 3.05) is 57.4 Å². The van der Waals surface area contributed by atoms with E-state index in [9.17, 15) is 9.59 Å². The second kappa shape index (κ2) is 12.2. The van der Waals surface area contributed by atoms with Crippen LogP contribution < -0.4 is 10.2 Å². The van der Waals surface area contributed by atoms with Crippen LogP contribution in [0.1, 0.15) is 26.5 Å². The zero-order chi connectivity index (χ0) is 23.8. The summed E-state index contributed by atoms with van der Waals surface area (Å²) in [7, 11) is 0. The maximum Gasteiger partial charge on any atom is 0.270 e. The largest absolute Gasteiger partial charge is 0.395 e. The molecule has 1 fully saturated rings. The van der Waals surface area contributed by atoms with Crippen LogP contribution in [0.15, 0.2) is 47.2 Å². The topological polar surface area (TPSA) is 95.0 Å². The molecule has 3 aromatic rings. The molecular formula is C24H28N4O4S2. The van der Waals surface area contributed by atoms with Crippen LogP contribution in [-0.2, 0) is 4.74 Å². The van der Waals surface area contributed by atoms with Crippen LogP contribution in [0.5, 0.6) is 0 Å². The quantitative estimate of drug-likeness (QED) is 0.445. The number of carbonyl (C=O) groups is 2. The van der Waals surface area contributed by atoms with Crippen molar-refractivity contribution in [2.45, 2.75) is 6.42 Å². The fourth-order valence-corrected chi connectivity index (χ4v) is 5.21. The van der Waals surface area contributed by atoms with Crippen molar-refractivity contribution in [1.29, 1.82) is 0 Å². The van der Waals surface area contributed by atoms with Crippen LogP contribution in [0, 0.1) is 0 Å². The van der Waals surface area contributed by atoms with Crippen LogP contribution in [0.4, 0.5) is 5.13 Å². The summed E-state index contributed by atoms with van der Waals surface area (Å²) in [6.45, 7) is 4.99. The lowest BCUT2D eigenvalue weighted by Crippen LogP contribution is -2.39. The number of benzene rings is 1. The van der Waals surface area contributed by atoms with Gasteiger partial charge in [0.05, 0.1) is 30.4 Å². The summed E-state index contributed by atoms with van der Waals surface area (Å²) in [4.78, 5) is 34.9. The molecule has 0 radical (unpaired) electrons. The fraction of sp³-hybridized carbons (Fsp3) is 0.375. The van der Waals surface area contributed by atoms with Crippen LogP contribution in [0.2, 0.25) is 0 Å². The molecule has 1 aromatic carbocycles. The minimum Gasteiger partial charge on any atom is -0.395 e. The van der Waals surface area contributed by atoms with Gasteiger partial charge in [-0.2, -0.15) is 0 Å². The Morgan fingerprint density at radius 3 is 2.65 bits per heavy atom. The highest BCUT2D eigenvalue weighted by molar-refractivity contribution is 7.14. The number of rotatable bonds is 10. The van der Waals surface area contributed by atoms with Crippen molar-refractivity contribution in [2.24, 2.45) is 0 Å². The predicted molar refractivity (Wildman–Crippen MR) is 135 cm³/mol. The number of amides is 2. The van der Waals surface area contributed by atoms with E-state index in [2.05, 4.69) is 10.2 Å². The number of thiazole rings is 1. The Morgan fingerprint density at radius 2 is 1.94 bits per heavy atom. The third-order valence-electron chi connectivity index (χ3n) is 5.50. The molecule has 2 aromatic heterocycles. The van der Waals surface area contributed by atoms with Crippen LogP contribution in [0.25, 0.3) is 11.3 Å².